The van der Waals surface area contributed by atoms with Crippen LogP contribution in [0.4, 0.5) is 10.1 Å². The lowest BCUT2D eigenvalue weighted by molar-refractivity contribution is -0.139. The van der Waals surface area contributed by atoms with Crippen molar-refractivity contribution < 1.29 is 22.4 Å². The van der Waals surface area contributed by atoms with Gasteiger partial charge in [0, 0.05) is 12.6 Å². The molecule has 2 atom stereocenters. The van der Waals surface area contributed by atoms with Crippen molar-refractivity contribution in [3.05, 3.63) is 95.8 Å². The van der Waals surface area contributed by atoms with E-state index in [9.17, 15) is 22.4 Å². The molecule has 2 amide bonds. The third-order valence-corrected chi connectivity index (χ3v) is 8.46. The number of nitrogens with zero attached hydrogens (tertiary/aromatic N) is 2. The van der Waals surface area contributed by atoms with Crippen LogP contribution < -0.4 is 9.62 Å². The van der Waals surface area contributed by atoms with E-state index in [1.54, 1.807) is 49.4 Å². The zero-order chi connectivity index (χ0) is 28.6. The summed E-state index contributed by atoms with van der Waals surface area (Å²) in [6, 6.07) is 19.6. The molecule has 0 heterocycles. The van der Waals surface area contributed by atoms with Gasteiger partial charge in [0.05, 0.1) is 10.6 Å². The number of para-hydroxylation sites is 1. The maximum Gasteiger partial charge on any atom is 0.264 e. The highest BCUT2D eigenvalue weighted by Gasteiger charge is 2.33. The molecule has 0 bridgehead atoms. The smallest absolute Gasteiger partial charge is 0.264 e. The number of carbonyl (C=O) groups excluding carboxylic acids is 2. The highest BCUT2D eigenvalue weighted by molar-refractivity contribution is 7.92. The summed E-state index contributed by atoms with van der Waals surface area (Å²) in [6.45, 7) is 6.81. The van der Waals surface area contributed by atoms with E-state index in [-0.39, 0.29) is 23.4 Å². The van der Waals surface area contributed by atoms with Crippen molar-refractivity contribution in [1.29, 1.82) is 0 Å². The van der Waals surface area contributed by atoms with Crippen molar-refractivity contribution in [2.75, 3.05) is 10.8 Å². The van der Waals surface area contributed by atoms with Crippen LogP contribution in [0.1, 0.15) is 45.2 Å². The quantitative estimate of drug-likeness (QED) is 0.345. The highest BCUT2D eigenvalue weighted by atomic mass is 32.2. The number of benzene rings is 3. The number of anilines is 1. The van der Waals surface area contributed by atoms with Crippen LogP contribution in [-0.4, -0.2) is 43.8 Å². The fourth-order valence-corrected chi connectivity index (χ4v) is 5.59. The Morgan fingerprint density at radius 1 is 0.897 bits per heavy atom. The molecule has 3 aromatic carbocycles. The van der Waals surface area contributed by atoms with Gasteiger partial charge in [0.1, 0.15) is 18.4 Å². The van der Waals surface area contributed by atoms with Crippen LogP contribution in [0.3, 0.4) is 0 Å². The van der Waals surface area contributed by atoms with Crippen LogP contribution in [0.25, 0.3) is 0 Å². The molecule has 0 aliphatic carbocycles. The van der Waals surface area contributed by atoms with Crippen molar-refractivity contribution >= 4 is 27.5 Å². The minimum Gasteiger partial charge on any atom is -0.352 e. The Labute approximate surface area is 230 Å². The lowest BCUT2D eigenvalue weighted by Crippen LogP contribution is -2.52. The summed E-state index contributed by atoms with van der Waals surface area (Å²) in [4.78, 5) is 28.4. The van der Waals surface area contributed by atoms with Crippen LogP contribution in [0.5, 0.6) is 0 Å². The number of rotatable bonds is 12. The van der Waals surface area contributed by atoms with E-state index in [1.807, 2.05) is 32.9 Å². The second-order valence-electron chi connectivity index (χ2n) is 9.45. The van der Waals surface area contributed by atoms with Gasteiger partial charge in [-0.2, -0.15) is 0 Å². The minimum atomic E-state index is -4.13. The summed E-state index contributed by atoms with van der Waals surface area (Å²) >= 11 is 0. The zero-order valence-corrected chi connectivity index (χ0v) is 23.6. The first-order chi connectivity index (χ1) is 18.6. The minimum absolute atomic E-state index is 0.00283. The Morgan fingerprint density at radius 3 is 2.13 bits per heavy atom. The third kappa shape index (κ3) is 7.44. The van der Waals surface area contributed by atoms with Gasteiger partial charge in [-0.05, 0) is 68.1 Å². The number of sulfonamides is 1. The molecule has 0 fully saturated rings. The first-order valence-electron chi connectivity index (χ1n) is 13.1. The third-order valence-electron chi connectivity index (χ3n) is 6.69. The van der Waals surface area contributed by atoms with Crippen molar-refractivity contribution in [3.63, 3.8) is 0 Å². The maximum atomic E-state index is 13.9. The molecule has 9 heteroatoms. The van der Waals surface area contributed by atoms with Gasteiger partial charge in [-0.1, -0.05) is 62.4 Å². The summed E-state index contributed by atoms with van der Waals surface area (Å²) in [5, 5.41) is 2.89. The lowest BCUT2D eigenvalue weighted by Gasteiger charge is -2.33. The summed E-state index contributed by atoms with van der Waals surface area (Å²) in [7, 11) is -4.13. The fraction of sp³-hybridized carbons (Fsp3) is 0.333. The fourth-order valence-electron chi connectivity index (χ4n) is 4.12. The Hall–Kier alpha value is -3.72. The molecule has 0 saturated heterocycles. The summed E-state index contributed by atoms with van der Waals surface area (Å²) in [5.41, 5.74) is 1.77. The van der Waals surface area contributed by atoms with Crippen LogP contribution in [0.15, 0.2) is 83.8 Å². The monoisotopic (exact) mass is 553 g/mol. The Balaban J connectivity index is 2.04. The average molecular weight is 554 g/mol. The molecule has 208 valence electrons. The standard InChI is InChI=1S/C30H36FN3O4S/c1-5-22(3)32-30(36)23(4)33(20-24-16-18-26(31)19-17-24)29(35)21-34(28-15-11-10-12-25(28)6-2)39(37,38)27-13-8-7-9-14-27/h7-19,22-23H,5-6,20-21H2,1-4H3,(H,32,36). The van der Waals surface area contributed by atoms with Gasteiger partial charge in [0.15, 0.2) is 0 Å². The van der Waals surface area contributed by atoms with Crippen molar-refractivity contribution in [2.24, 2.45) is 0 Å². The van der Waals surface area contributed by atoms with Crippen LogP contribution in [0.2, 0.25) is 0 Å². The Morgan fingerprint density at radius 2 is 1.51 bits per heavy atom. The van der Waals surface area contributed by atoms with E-state index < -0.39 is 34.3 Å². The second kappa shape index (κ2) is 13.4. The molecule has 7 nitrogen and oxygen atoms in total. The molecular formula is C30H36FN3O4S. The van der Waals surface area contributed by atoms with E-state index in [4.69, 9.17) is 0 Å². The number of amides is 2. The summed E-state index contributed by atoms with van der Waals surface area (Å²) in [5.74, 6) is -1.33. The number of hydrogen-bond acceptors (Lipinski definition) is 4. The lowest BCUT2D eigenvalue weighted by atomic mass is 10.1. The van der Waals surface area contributed by atoms with Gasteiger partial charge in [-0.15, -0.1) is 0 Å². The first kappa shape index (κ1) is 29.8. The first-order valence-corrected chi connectivity index (χ1v) is 14.5. The second-order valence-corrected chi connectivity index (χ2v) is 11.3. The average Bonchev–Trinajstić information content (AvgIpc) is 2.95. The van der Waals surface area contributed by atoms with Crippen LogP contribution >= 0.6 is 0 Å². The molecule has 39 heavy (non-hydrogen) atoms. The van der Waals surface area contributed by atoms with Gasteiger partial charge in [0.25, 0.3) is 10.0 Å². The van der Waals surface area contributed by atoms with Gasteiger partial charge < -0.3 is 10.2 Å². The van der Waals surface area contributed by atoms with Crippen LogP contribution in [-0.2, 0) is 32.6 Å². The zero-order valence-electron chi connectivity index (χ0n) is 22.8. The van der Waals surface area contributed by atoms with E-state index in [0.717, 1.165) is 9.87 Å². The largest absolute Gasteiger partial charge is 0.352 e. The topological polar surface area (TPSA) is 86.8 Å². The number of halogens is 1. The molecule has 0 saturated carbocycles. The van der Waals surface area contributed by atoms with Gasteiger partial charge in [0.2, 0.25) is 11.8 Å². The number of nitrogens with one attached hydrogen (secondary N) is 1. The predicted molar refractivity (Wildman–Crippen MR) is 151 cm³/mol. The number of hydrogen-bond donors (Lipinski definition) is 1. The normalized spacial score (nSPS) is 12.8. The number of carbonyl (C=O) groups is 2. The number of aryl methyl sites for hydroxylation is 1. The molecule has 1 N–H and O–H groups in total. The summed E-state index contributed by atoms with van der Waals surface area (Å²) in [6.07, 6.45) is 1.26. The molecule has 0 spiro atoms. The van der Waals surface area contributed by atoms with Crippen molar-refractivity contribution in [1.82, 2.24) is 10.2 Å². The molecular weight excluding hydrogens is 517 g/mol. The molecule has 0 aromatic heterocycles. The molecule has 0 aliphatic rings. The van der Waals surface area contributed by atoms with Gasteiger partial charge in [-0.3, -0.25) is 13.9 Å². The molecule has 0 radical (unpaired) electrons. The molecule has 3 rings (SSSR count). The SMILES string of the molecule is CCc1ccccc1N(CC(=O)N(Cc1ccc(F)cc1)C(C)C(=O)NC(C)CC)S(=O)(=O)c1ccccc1. The Bertz CT molecular complexity index is 1360. The van der Waals surface area contributed by atoms with Crippen molar-refractivity contribution in [2.45, 2.75) is 64.1 Å². The van der Waals surface area contributed by atoms with E-state index >= 15 is 0 Å². The van der Waals surface area contributed by atoms with E-state index in [2.05, 4.69) is 5.32 Å². The predicted octanol–water partition coefficient (Wildman–Crippen LogP) is 4.92. The van der Waals surface area contributed by atoms with Crippen LogP contribution in [0, 0.1) is 5.82 Å². The maximum absolute atomic E-state index is 13.9. The van der Waals surface area contributed by atoms with Crippen molar-refractivity contribution in [3.8, 4) is 0 Å². The summed E-state index contributed by atoms with van der Waals surface area (Å²) < 4.78 is 42.4. The molecule has 0 aliphatic heterocycles. The molecule has 2 unspecified atom stereocenters. The van der Waals surface area contributed by atoms with Gasteiger partial charge in [-0.25, -0.2) is 12.8 Å². The Kier molecular flexibility index (Phi) is 10.2. The van der Waals surface area contributed by atoms with E-state index in [1.165, 1.54) is 29.2 Å². The van der Waals surface area contributed by atoms with Gasteiger partial charge >= 0.3 is 0 Å². The van der Waals surface area contributed by atoms with E-state index in [0.29, 0.717) is 24.1 Å². The molecule has 3 aromatic rings. The highest BCUT2D eigenvalue weighted by Crippen LogP contribution is 2.28.